The molecule has 0 aliphatic rings. The molecule has 19 heavy (non-hydrogen) atoms. The van der Waals surface area contributed by atoms with E-state index in [0.717, 1.165) is 9.13 Å². The molecule has 0 aromatic heterocycles. The van der Waals surface area contributed by atoms with Crippen molar-refractivity contribution < 1.29 is 9.18 Å². The van der Waals surface area contributed by atoms with Crippen molar-refractivity contribution in [1.29, 1.82) is 0 Å². The Balaban J connectivity index is 2.26. The number of benzene rings is 2. The first-order valence-corrected chi connectivity index (χ1v) is 6.68. The molecule has 0 bridgehead atoms. The number of amides is 1. The Labute approximate surface area is 124 Å². The van der Waals surface area contributed by atoms with Crippen LogP contribution in [-0.2, 0) is 0 Å². The van der Waals surface area contributed by atoms with Crippen molar-refractivity contribution in [3.63, 3.8) is 0 Å². The van der Waals surface area contributed by atoms with Gasteiger partial charge in [0.2, 0.25) is 0 Å². The average Bonchev–Trinajstić information content (AvgIpc) is 2.37. The minimum atomic E-state index is -0.592. The predicted octanol–water partition coefficient (Wildman–Crippen LogP) is 3.57. The molecule has 0 aliphatic carbocycles. The van der Waals surface area contributed by atoms with Crippen molar-refractivity contribution in [3.8, 4) is 0 Å². The molecule has 0 heterocycles. The molecule has 0 saturated heterocycles. The number of para-hydroxylation sites is 1. The number of nitrogen functional groups attached to an aromatic ring is 1. The summed E-state index contributed by atoms with van der Waals surface area (Å²) in [7, 11) is 0. The maximum atomic E-state index is 13.3. The van der Waals surface area contributed by atoms with E-state index in [4.69, 9.17) is 5.73 Å². The molecule has 0 saturated carbocycles. The molecular weight excluding hydrogens is 358 g/mol. The van der Waals surface area contributed by atoms with E-state index in [0.29, 0.717) is 5.69 Å². The van der Waals surface area contributed by atoms with Gasteiger partial charge in [-0.05, 0) is 59.3 Å². The summed E-state index contributed by atoms with van der Waals surface area (Å²) < 4.78 is 14.3. The Bertz CT molecular complexity index is 643. The number of anilines is 2. The predicted molar refractivity (Wildman–Crippen MR) is 82.7 cm³/mol. The van der Waals surface area contributed by atoms with Crippen LogP contribution in [-0.4, -0.2) is 5.91 Å². The van der Waals surface area contributed by atoms with Gasteiger partial charge < -0.3 is 11.1 Å². The van der Waals surface area contributed by atoms with Gasteiger partial charge in [-0.1, -0.05) is 12.1 Å². The summed E-state index contributed by atoms with van der Waals surface area (Å²) in [6, 6.07) is 9.73. The van der Waals surface area contributed by atoms with Gasteiger partial charge in [-0.3, -0.25) is 4.79 Å². The van der Waals surface area contributed by atoms with Crippen molar-refractivity contribution in [2.24, 2.45) is 0 Å². The van der Waals surface area contributed by atoms with Crippen LogP contribution in [0.4, 0.5) is 15.8 Å². The maximum absolute atomic E-state index is 13.3. The van der Waals surface area contributed by atoms with E-state index in [9.17, 15) is 9.18 Å². The highest BCUT2D eigenvalue weighted by molar-refractivity contribution is 14.1. The molecule has 0 spiro atoms. The molecule has 0 radical (unpaired) electrons. The molecule has 1 amide bonds. The normalized spacial score (nSPS) is 10.3. The fourth-order valence-corrected chi connectivity index (χ4v) is 2.12. The monoisotopic (exact) mass is 370 g/mol. The Hall–Kier alpha value is -1.63. The lowest BCUT2D eigenvalue weighted by Gasteiger charge is -2.09. The third-order valence-electron chi connectivity index (χ3n) is 2.73. The highest BCUT2D eigenvalue weighted by atomic mass is 127. The van der Waals surface area contributed by atoms with Gasteiger partial charge in [-0.2, -0.15) is 0 Å². The quantitative estimate of drug-likeness (QED) is 0.627. The van der Waals surface area contributed by atoms with Crippen molar-refractivity contribution in [2.75, 3.05) is 11.1 Å². The van der Waals surface area contributed by atoms with E-state index in [1.807, 2.05) is 19.1 Å². The highest BCUT2D eigenvalue weighted by Gasteiger charge is 2.12. The minimum absolute atomic E-state index is 0.135. The molecule has 2 rings (SSSR count). The number of halogens is 2. The minimum Gasteiger partial charge on any atom is -0.396 e. The van der Waals surface area contributed by atoms with Crippen LogP contribution >= 0.6 is 22.6 Å². The molecule has 3 N–H and O–H groups in total. The van der Waals surface area contributed by atoms with Crippen LogP contribution in [0.2, 0.25) is 0 Å². The SMILES string of the molecule is Cc1ccc(NC(=O)c2cccc(F)c2N)cc1I. The molecule has 5 heteroatoms. The fourth-order valence-electron chi connectivity index (χ4n) is 1.60. The molecule has 0 fully saturated rings. The van der Waals surface area contributed by atoms with Gasteiger partial charge in [-0.15, -0.1) is 0 Å². The number of hydrogen-bond donors (Lipinski definition) is 2. The first kappa shape index (κ1) is 13.8. The van der Waals surface area contributed by atoms with E-state index in [1.54, 1.807) is 6.07 Å². The first-order valence-electron chi connectivity index (χ1n) is 5.60. The number of carbonyl (C=O) groups excluding carboxylic acids is 1. The third-order valence-corrected chi connectivity index (χ3v) is 3.89. The zero-order chi connectivity index (χ0) is 14.0. The van der Waals surface area contributed by atoms with E-state index >= 15 is 0 Å². The van der Waals surface area contributed by atoms with Crippen LogP contribution in [0, 0.1) is 16.3 Å². The Kier molecular flexibility index (Phi) is 4.04. The van der Waals surface area contributed by atoms with Crippen LogP contribution in [0.3, 0.4) is 0 Å². The van der Waals surface area contributed by atoms with Gasteiger partial charge in [0.1, 0.15) is 5.82 Å². The zero-order valence-electron chi connectivity index (χ0n) is 10.2. The van der Waals surface area contributed by atoms with Crippen LogP contribution in [0.1, 0.15) is 15.9 Å². The molecule has 0 unspecified atom stereocenters. The summed E-state index contributed by atoms with van der Waals surface area (Å²) in [4.78, 5) is 12.0. The number of carbonyl (C=O) groups is 1. The average molecular weight is 370 g/mol. The Morgan fingerprint density at radius 1 is 1.32 bits per heavy atom. The summed E-state index contributed by atoms with van der Waals surface area (Å²) in [6.07, 6.45) is 0. The molecule has 2 aromatic rings. The van der Waals surface area contributed by atoms with E-state index in [1.165, 1.54) is 18.2 Å². The second-order valence-electron chi connectivity index (χ2n) is 4.12. The van der Waals surface area contributed by atoms with Gasteiger partial charge in [0.15, 0.2) is 0 Å². The molecule has 0 aliphatic heterocycles. The third kappa shape index (κ3) is 3.04. The number of aryl methyl sites for hydroxylation is 1. The van der Waals surface area contributed by atoms with E-state index in [2.05, 4.69) is 27.9 Å². The first-order chi connectivity index (χ1) is 8.99. The van der Waals surface area contributed by atoms with Crippen molar-refractivity contribution in [3.05, 3.63) is 56.9 Å². The van der Waals surface area contributed by atoms with E-state index < -0.39 is 11.7 Å². The van der Waals surface area contributed by atoms with Crippen molar-refractivity contribution >= 4 is 39.9 Å². The largest absolute Gasteiger partial charge is 0.396 e. The van der Waals surface area contributed by atoms with Crippen LogP contribution in [0.25, 0.3) is 0 Å². The van der Waals surface area contributed by atoms with Crippen LogP contribution in [0.5, 0.6) is 0 Å². The second-order valence-corrected chi connectivity index (χ2v) is 5.28. The van der Waals surface area contributed by atoms with Crippen LogP contribution in [0.15, 0.2) is 36.4 Å². The number of nitrogens with two attached hydrogens (primary N) is 1. The molecule has 98 valence electrons. The maximum Gasteiger partial charge on any atom is 0.257 e. The molecular formula is C14H12FIN2O. The topological polar surface area (TPSA) is 55.1 Å². The van der Waals surface area contributed by atoms with Gasteiger partial charge in [0, 0.05) is 9.26 Å². The molecule has 0 atom stereocenters. The Morgan fingerprint density at radius 2 is 2.05 bits per heavy atom. The lowest BCUT2D eigenvalue weighted by atomic mass is 10.1. The highest BCUT2D eigenvalue weighted by Crippen LogP contribution is 2.20. The fraction of sp³-hybridized carbons (Fsp3) is 0.0714. The van der Waals surface area contributed by atoms with Gasteiger partial charge in [0.05, 0.1) is 11.3 Å². The van der Waals surface area contributed by atoms with Gasteiger partial charge in [-0.25, -0.2) is 4.39 Å². The number of hydrogen-bond acceptors (Lipinski definition) is 2. The van der Waals surface area contributed by atoms with E-state index in [-0.39, 0.29) is 11.3 Å². The van der Waals surface area contributed by atoms with Crippen molar-refractivity contribution in [1.82, 2.24) is 0 Å². The lowest BCUT2D eigenvalue weighted by Crippen LogP contribution is -2.14. The molecule has 2 aromatic carbocycles. The zero-order valence-corrected chi connectivity index (χ0v) is 12.4. The van der Waals surface area contributed by atoms with Gasteiger partial charge >= 0.3 is 0 Å². The summed E-state index contributed by atoms with van der Waals surface area (Å²) >= 11 is 2.19. The number of nitrogens with one attached hydrogen (secondary N) is 1. The summed E-state index contributed by atoms with van der Waals surface area (Å²) in [5.74, 6) is -1.01. The summed E-state index contributed by atoms with van der Waals surface area (Å²) in [5, 5.41) is 2.70. The summed E-state index contributed by atoms with van der Waals surface area (Å²) in [6.45, 7) is 1.98. The van der Waals surface area contributed by atoms with Crippen LogP contribution < -0.4 is 11.1 Å². The lowest BCUT2D eigenvalue weighted by molar-refractivity contribution is 0.102. The second kappa shape index (κ2) is 5.56. The molecule has 3 nitrogen and oxygen atoms in total. The summed E-state index contributed by atoms with van der Waals surface area (Å²) in [5.41, 5.74) is 7.34. The standard InChI is InChI=1S/C14H12FIN2O/c1-8-5-6-9(7-12(8)16)18-14(19)10-3-2-4-11(15)13(10)17/h2-7H,17H2,1H3,(H,18,19). The Morgan fingerprint density at radius 3 is 2.74 bits per heavy atom. The van der Waals surface area contributed by atoms with Crippen molar-refractivity contribution in [2.45, 2.75) is 6.92 Å². The smallest absolute Gasteiger partial charge is 0.257 e. The van der Waals surface area contributed by atoms with Gasteiger partial charge in [0.25, 0.3) is 5.91 Å². The number of rotatable bonds is 2.